The van der Waals surface area contributed by atoms with Crippen molar-refractivity contribution in [3.63, 3.8) is 0 Å². The maximum atomic E-state index is 12.5. The Kier molecular flexibility index (Phi) is 5.48. The van der Waals surface area contributed by atoms with Crippen LogP contribution in [-0.2, 0) is 21.4 Å². The molecule has 0 spiro atoms. The molecule has 1 aromatic heterocycles. The lowest BCUT2D eigenvalue weighted by Gasteiger charge is -2.31. The fourth-order valence-corrected chi connectivity index (χ4v) is 3.47. The van der Waals surface area contributed by atoms with E-state index in [-0.39, 0.29) is 16.7 Å². The van der Waals surface area contributed by atoms with Gasteiger partial charge in [0.05, 0.1) is 10.8 Å². The molecule has 0 unspecified atom stereocenters. The van der Waals surface area contributed by atoms with E-state index in [1.165, 1.54) is 12.1 Å². The first-order valence-electron chi connectivity index (χ1n) is 8.35. The quantitative estimate of drug-likeness (QED) is 0.792. The van der Waals surface area contributed by atoms with E-state index in [4.69, 9.17) is 5.14 Å². The number of rotatable bonds is 5. The second-order valence-electron chi connectivity index (χ2n) is 6.24. The molecule has 1 aliphatic rings. The van der Waals surface area contributed by atoms with E-state index in [2.05, 4.69) is 15.3 Å². The predicted molar refractivity (Wildman–Crippen MR) is 96.6 cm³/mol. The van der Waals surface area contributed by atoms with Crippen molar-refractivity contribution in [1.29, 1.82) is 0 Å². The monoisotopic (exact) mass is 375 g/mol. The Morgan fingerprint density at radius 3 is 2.58 bits per heavy atom. The van der Waals surface area contributed by atoms with Crippen molar-refractivity contribution in [2.75, 3.05) is 18.0 Å². The number of nitrogens with one attached hydrogen (secondary N) is 1. The summed E-state index contributed by atoms with van der Waals surface area (Å²) in [6.07, 6.45) is 5.10. The maximum Gasteiger partial charge on any atom is 0.238 e. The van der Waals surface area contributed by atoms with Gasteiger partial charge >= 0.3 is 0 Å². The van der Waals surface area contributed by atoms with E-state index < -0.39 is 10.0 Å². The Bertz CT molecular complexity index is 856. The highest BCUT2D eigenvalue weighted by Gasteiger charge is 2.26. The second kappa shape index (κ2) is 7.79. The van der Waals surface area contributed by atoms with Gasteiger partial charge in [0.1, 0.15) is 0 Å². The van der Waals surface area contributed by atoms with Gasteiger partial charge in [-0.2, -0.15) is 0 Å². The largest absolute Gasteiger partial charge is 0.352 e. The Morgan fingerprint density at radius 1 is 1.23 bits per heavy atom. The van der Waals surface area contributed by atoms with Crippen LogP contribution in [0.2, 0.25) is 0 Å². The molecule has 9 heteroatoms. The average molecular weight is 375 g/mol. The van der Waals surface area contributed by atoms with Crippen LogP contribution in [0.25, 0.3) is 0 Å². The van der Waals surface area contributed by atoms with Gasteiger partial charge in [-0.15, -0.1) is 0 Å². The zero-order valence-corrected chi connectivity index (χ0v) is 15.0. The summed E-state index contributed by atoms with van der Waals surface area (Å²) >= 11 is 0. The van der Waals surface area contributed by atoms with Crippen LogP contribution >= 0.6 is 0 Å². The normalized spacial score (nSPS) is 17.7. The number of nitrogens with two attached hydrogens (primary N) is 1. The van der Waals surface area contributed by atoms with E-state index >= 15 is 0 Å². The van der Waals surface area contributed by atoms with E-state index in [0.717, 1.165) is 24.9 Å². The molecule has 1 saturated heterocycles. The van der Waals surface area contributed by atoms with Crippen molar-refractivity contribution in [2.45, 2.75) is 24.3 Å². The van der Waals surface area contributed by atoms with Crippen LogP contribution in [0.5, 0.6) is 0 Å². The minimum absolute atomic E-state index is 0.0267. The van der Waals surface area contributed by atoms with Crippen LogP contribution in [0, 0.1) is 5.92 Å². The fourth-order valence-electron chi connectivity index (χ4n) is 2.96. The van der Waals surface area contributed by atoms with Crippen LogP contribution in [-0.4, -0.2) is 37.4 Å². The number of primary sulfonamides is 1. The molecule has 1 fully saturated rings. The zero-order valence-electron chi connectivity index (χ0n) is 14.2. The summed E-state index contributed by atoms with van der Waals surface area (Å²) < 4.78 is 22.5. The van der Waals surface area contributed by atoms with Gasteiger partial charge in [0.15, 0.2) is 0 Å². The third kappa shape index (κ3) is 4.55. The molecule has 26 heavy (non-hydrogen) atoms. The summed E-state index contributed by atoms with van der Waals surface area (Å²) in [5, 5.41) is 7.99. The van der Waals surface area contributed by atoms with Crippen LogP contribution in [0.3, 0.4) is 0 Å². The molecular formula is C17H21N5O3S. The van der Waals surface area contributed by atoms with Crippen molar-refractivity contribution in [1.82, 2.24) is 15.3 Å². The van der Waals surface area contributed by atoms with Crippen molar-refractivity contribution >= 4 is 21.9 Å². The Morgan fingerprint density at radius 2 is 1.92 bits per heavy atom. The van der Waals surface area contributed by atoms with E-state index in [0.29, 0.717) is 19.0 Å². The van der Waals surface area contributed by atoms with Gasteiger partial charge in [-0.1, -0.05) is 12.1 Å². The van der Waals surface area contributed by atoms with Gasteiger partial charge in [-0.3, -0.25) is 4.79 Å². The molecule has 0 radical (unpaired) electrons. The molecule has 3 rings (SSSR count). The summed E-state index contributed by atoms with van der Waals surface area (Å²) in [6, 6.07) is 7.92. The molecule has 1 atom stereocenters. The van der Waals surface area contributed by atoms with Crippen molar-refractivity contribution in [3.05, 3.63) is 48.3 Å². The number of aromatic nitrogens is 2. The minimum atomic E-state index is -3.71. The third-order valence-corrected chi connectivity index (χ3v) is 5.28. The molecule has 1 aromatic carbocycles. The molecule has 1 amide bonds. The predicted octanol–water partition coefficient (Wildman–Crippen LogP) is 0.657. The number of amides is 1. The fraction of sp³-hybridized carbons (Fsp3) is 0.353. The number of piperidine rings is 1. The van der Waals surface area contributed by atoms with Gasteiger partial charge in [0.2, 0.25) is 21.9 Å². The number of sulfonamides is 1. The first-order valence-corrected chi connectivity index (χ1v) is 9.89. The van der Waals surface area contributed by atoms with Gasteiger partial charge in [0, 0.05) is 32.0 Å². The van der Waals surface area contributed by atoms with Crippen LogP contribution in [0.4, 0.5) is 5.95 Å². The SMILES string of the molecule is NS(=O)(=O)c1ccc(CNC(=O)[C@H]2CCCN(c3ncccn3)C2)cc1. The van der Waals surface area contributed by atoms with Gasteiger partial charge in [-0.05, 0) is 36.6 Å². The highest BCUT2D eigenvalue weighted by atomic mass is 32.2. The summed E-state index contributed by atoms with van der Waals surface area (Å²) in [5.41, 5.74) is 0.810. The first-order chi connectivity index (χ1) is 12.4. The van der Waals surface area contributed by atoms with Crippen molar-refractivity contribution < 1.29 is 13.2 Å². The second-order valence-corrected chi connectivity index (χ2v) is 7.80. The smallest absolute Gasteiger partial charge is 0.238 e. The van der Waals surface area contributed by atoms with Gasteiger partial charge < -0.3 is 10.2 Å². The summed E-state index contributed by atoms with van der Waals surface area (Å²) in [4.78, 5) is 23.0. The highest BCUT2D eigenvalue weighted by Crippen LogP contribution is 2.20. The summed E-state index contributed by atoms with van der Waals surface area (Å²) in [5.74, 6) is 0.487. The molecule has 2 aromatic rings. The molecule has 8 nitrogen and oxygen atoms in total. The third-order valence-electron chi connectivity index (χ3n) is 4.35. The standard InChI is InChI=1S/C17H21N5O3S/c18-26(24,25)15-6-4-13(5-7-15)11-21-16(23)14-3-1-10-22(12-14)17-19-8-2-9-20-17/h2,4-9,14H,1,3,10-12H2,(H,21,23)(H2,18,24,25)/t14-/m0/s1. The Labute approximate surface area is 152 Å². The first kappa shape index (κ1) is 18.3. The molecule has 2 heterocycles. The summed E-state index contributed by atoms with van der Waals surface area (Å²) in [6.45, 7) is 1.76. The van der Waals surface area contributed by atoms with Crippen molar-refractivity contribution in [3.8, 4) is 0 Å². The number of nitrogens with zero attached hydrogens (tertiary/aromatic N) is 3. The lowest BCUT2D eigenvalue weighted by atomic mass is 9.97. The molecule has 0 bridgehead atoms. The summed E-state index contributed by atoms with van der Waals surface area (Å²) in [7, 11) is -3.71. The number of benzene rings is 1. The number of carbonyl (C=O) groups is 1. The van der Waals surface area contributed by atoms with Crippen LogP contribution < -0.4 is 15.4 Å². The molecule has 138 valence electrons. The topological polar surface area (TPSA) is 118 Å². The van der Waals surface area contributed by atoms with Crippen molar-refractivity contribution in [2.24, 2.45) is 11.1 Å². The molecule has 0 aliphatic carbocycles. The molecule has 0 saturated carbocycles. The molecule has 1 aliphatic heterocycles. The van der Waals surface area contributed by atoms with E-state index in [1.54, 1.807) is 30.6 Å². The number of carbonyl (C=O) groups excluding carboxylic acids is 1. The van der Waals surface area contributed by atoms with Gasteiger partial charge in [0.25, 0.3) is 0 Å². The van der Waals surface area contributed by atoms with Crippen LogP contribution in [0.1, 0.15) is 18.4 Å². The molecular weight excluding hydrogens is 354 g/mol. The highest BCUT2D eigenvalue weighted by molar-refractivity contribution is 7.89. The Hall–Kier alpha value is -2.52. The minimum Gasteiger partial charge on any atom is -0.352 e. The lowest BCUT2D eigenvalue weighted by Crippen LogP contribution is -2.43. The van der Waals surface area contributed by atoms with Gasteiger partial charge in [-0.25, -0.2) is 23.5 Å². The van der Waals surface area contributed by atoms with Crippen LogP contribution in [0.15, 0.2) is 47.6 Å². The zero-order chi connectivity index (χ0) is 18.6. The average Bonchev–Trinajstić information content (AvgIpc) is 2.66. The number of hydrogen-bond donors (Lipinski definition) is 2. The molecule has 3 N–H and O–H groups in total. The maximum absolute atomic E-state index is 12.5. The number of anilines is 1. The Balaban J connectivity index is 1.56. The lowest BCUT2D eigenvalue weighted by molar-refractivity contribution is -0.125. The number of hydrogen-bond acceptors (Lipinski definition) is 6. The van der Waals surface area contributed by atoms with E-state index in [9.17, 15) is 13.2 Å². The van der Waals surface area contributed by atoms with E-state index in [1.807, 2.05) is 4.90 Å².